The molecule has 0 aliphatic carbocycles. The fraction of sp³-hybridized carbons (Fsp3) is 0.200. The van der Waals surface area contributed by atoms with Crippen molar-refractivity contribution in [2.45, 2.75) is 0 Å². The Bertz CT molecular complexity index is 509. The molecule has 16 heavy (non-hydrogen) atoms. The van der Waals surface area contributed by atoms with Crippen molar-refractivity contribution in [3.8, 4) is 11.5 Å². The molecule has 1 heterocycles. The molecule has 5 nitrogen and oxygen atoms in total. The number of hydrogen-bond donors (Lipinski definition) is 1. The summed E-state index contributed by atoms with van der Waals surface area (Å²) in [5.41, 5.74) is 6.50. The molecule has 0 saturated carbocycles. The van der Waals surface area contributed by atoms with Crippen LogP contribution in [0.4, 0.5) is 16.0 Å². The molecule has 2 rings (SSSR count). The Labute approximate surface area is 91.7 Å². The molecule has 2 N–H and O–H groups in total. The summed E-state index contributed by atoms with van der Waals surface area (Å²) in [6.45, 7) is 0. The number of nitrogens with zero attached hydrogens (tertiary/aromatic N) is 3. The number of rotatable bonds is 2. The van der Waals surface area contributed by atoms with E-state index in [4.69, 9.17) is 10.3 Å². The molecular formula is C10H11FN4O. The molecule has 0 aliphatic heterocycles. The van der Waals surface area contributed by atoms with Gasteiger partial charge in [0.15, 0.2) is 0 Å². The van der Waals surface area contributed by atoms with Gasteiger partial charge in [-0.05, 0) is 23.4 Å². The molecule has 0 unspecified atom stereocenters. The quantitative estimate of drug-likeness (QED) is 0.780. The maximum absolute atomic E-state index is 13.0. The lowest BCUT2D eigenvalue weighted by Gasteiger charge is -2.02. The number of benzene rings is 1. The predicted molar refractivity (Wildman–Crippen MR) is 58.4 cm³/mol. The van der Waals surface area contributed by atoms with Gasteiger partial charge in [0.1, 0.15) is 5.82 Å². The highest BCUT2D eigenvalue weighted by atomic mass is 19.1. The van der Waals surface area contributed by atoms with E-state index in [0.717, 1.165) is 0 Å². The number of anilines is 2. The Hall–Kier alpha value is -2.11. The largest absolute Gasteiger partial charge is 0.398 e. The van der Waals surface area contributed by atoms with E-state index < -0.39 is 5.82 Å². The monoisotopic (exact) mass is 222 g/mol. The molecule has 0 bridgehead atoms. The Morgan fingerprint density at radius 3 is 2.75 bits per heavy atom. The third kappa shape index (κ3) is 1.81. The predicted octanol–water partition coefficient (Wildman–Crippen LogP) is 1.52. The first-order valence-corrected chi connectivity index (χ1v) is 4.64. The van der Waals surface area contributed by atoms with Gasteiger partial charge in [0.25, 0.3) is 11.8 Å². The van der Waals surface area contributed by atoms with Crippen LogP contribution in [0.2, 0.25) is 0 Å². The molecule has 0 spiro atoms. The van der Waals surface area contributed by atoms with Gasteiger partial charge in [0, 0.05) is 19.8 Å². The van der Waals surface area contributed by atoms with Crippen LogP contribution in [0.5, 0.6) is 0 Å². The Kier molecular flexibility index (Phi) is 2.47. The molecular weight excluding hydrogens is 211 g/mol. The van der Waals surface area contributed by atoms with Crippen LogP contribution in [-0.2, 0) is 0 Å². The molecule has 0 fully saturated rings. The van der Waals surface area contributed by atoms with Crippen molar-refractivity contribution < 1.29 is 8.91 Å². The van der Waals surface area contributed by atoms with Crippen molar-refractivity contribution in [3.63, 3.8) is 0 Å². The van der Waals surface area contributed by atoms with Crippen LogP contribution < -0.4 is 10.6 Å². The lowest BCUT2D eigenvalue weighted by atomic mass is 10.2. The van der Waals surface area contributed by atoms with E-state index in [-0.39, 0.29) is 5.89 Å². The van der Waals surface area contributed by atoms with E-state index in [0.29, 0.717) is 17.2 Å². The Morgan fingerprint density at radius 1 is 1.38 bits per heavy atom. The van der Waals surface area contributed by atoms with E-state index in [2.05, 4.69) is 10.1 Å². The molecule has 1 aromatic heterocycles. The zero-order valence-electron chi connectivity index (χ0n) is 8.94. The summed E-state index contributed by atoms with van der Waals surface area (Å²) >= 11 is 0. The first-order valence-electron chi connectivity index (χ1n) is 4.64. The van der Waals surface area contributed by atoms with Gasteiger partial charge >= 0.3 is 0 Å². The Morgan fingerprint density at radius 2 is 2.12 bits per heavy atom. The van der Waals surface area contributed by atoms with Gasteiger partial charge in [0.2, 0.25) is 0 Å². The highest BCUT2D eigenvalue weighted by Crippen LogP contribution is 2.26. The highest BCUT2D eigenvalue weighted by molar-refractivity contribution is 5.70. The number of halogens is 1. The van der Waals surface area contributed by atoms with Crippen LogP contribution >= 0.6 is 0 Å². The number of nitrogen functional groups attached to an aromatic ring is 1. The summed E-state index contributed by atoms with van der Waals surface area (Å²) in [5, 5.41) is 3.72. The first kappa shape index (κ1) is 10.4. The summed E-state index contributed by atoms with van der Waals surface area (Å²) in [6.07, 6.45) is 0. The van der Waals surface area contributed by atoms with E-state index in [1.54, 1.807) is 19.0 Å². The molecule has 0 amide bonds. The van der Waals surface area contributed by atoms with Gasteiger partial charge in [-0.15, -0.1) is 0 Å². The standard InChI is InChI=1S/C10H11FN4O/c1-15(2)10-13-9(16-14-10)7-5-6(11)3-4-8(7)12/h3-5H,12H2,1-2H3. The van der Waals surface area contributed by atoms with E-state index >= 15 is 0 Å². The van der Waals surface area contributed by atoms with E-state index in [1.807, 2.05) is 0 Å². The molecule has 0 radical (unpaired) electrons. The lowest BCUT2D eigenvalue weighted by molar-refractivity contribution is 0.430. The highest BCUT2D eigenvalue weighted by Gasteiger charge is 2.13. The van der Waals surface area contributed by atoms with Crippen molar-refractivity contribution >= 4 is 11.6 Å². The molecule has 2 aromatic rings. The van der Waals surface area contributed by atoms with Gasteiger partial charge in [-0.1, -0.05) is 0 Å². The van der Waals surface area contributed by atoms with Gasteiger partial charge in [-0.2, -0.15) is 4.98 Å². The summed E-state index contributed by atoms with van der Waals surface area (Å²) in [7, 11) is 3.56. The van der Waals surface area contributed by atoms with Crippen LogP contribution in [0.15, 0.2) is 22.7 Å². The normalized spacial score (nSPS) is 10.4. The van der Waals surface area contributed by atoms with Crippen molar-refractivity contribution in [2.75, 3.05) is 24.7 Å². The van der Waals surface area contributed by atoms with Gasteiger partial charge in [-0.25, -0.2) is 4.39 Å². The molecule has 84 valence electrons. The number of aromatic nitrogens is 2. The molecule has 6 heteroatoms. The first-order chi connectivity index (χ1) is 7.58. The third-order valence-corrected chi connectivity index (χ3v) is 2.06. The number of hydrogen-bond acceptors (Lipinski definition) is 5. The second-order valence-corrected chi connectivity index (χ2v) is 3.53. The second kappa shape index (κ2) is 3.80. The minimum Gasteiger partial charge on any atom is -0.398 e. The molecule has 0 atom stereocenters. The zero-order valence-corrected chi connectivity index (χ0v) is 8.94. The van der Waals surface area contributed by atoms with Gasteiger partial charge < -0.3 is 15.2 Å². The maximum atomic E-state index is 13.0. The SMILES string of the molecule is CN(C)c1noc(-c2cc(F)ccc2N)n1. The molecule has 0 aliphatic rings. The topological polar surface area (TPSA) is 68.2 Å². The fourth-order valence-corrected chi connectivity index (χ4v) is 1.22. The molecule has 1 aromatic carbocycles. The van der Waals surface area contributed by atoms with Crippen molar-refractivity contribution in [1.29, 1.82) is 0 Å². The zero-order chi connectivity index (χ0) is 11.7. The Balaban J connectivity index is 2.46. The average Bonchev–Trinajstić information content (AvgIpc) is 2.70. The lowest BCUT2D eigenvalue weighted by Crippen LogP contribution is -2.10. The maximum Gasteiger partial charge on any atom is 0.265 e. The minimum atomic E-state index is -0.395. The summed E-state index contributed by atoms with van der Waals surface area (Å²) in [4.78, 5) is 5.77. The average molecular weight is 222 g/mol. The van der Waals surface area contributed by atoms with Crippen molar-refractivity contribution in [2.24, 2.45) is 0 Å². The van der Waals surface area contributed by atoms with Crippen molar-refractivity contribution in [3.05, 3.63) is 24.0 Å². The van der Waals surface area contributed by atoms with Crippen LogP contribution in [0.25, 0.3) is 11.5 Å². The van der Waals surface area contributed by atoms with Crippen LogP contribution in [0.3, 0.4) is 0 Å². The van der Waals surface area contributed by atoms with E-state index in [9.17, 15) is 4.39 Å². The van der Waals surface area contributed by atoms with Crippen LogP contribution in [0, 0.1) is 5.82 Å². The van der Waals surface area contributed by atoms with Crippen LogP contribution in [-0.4, -0.2) is 24.2 Å². The summed E-state index contributed by atoms with van der Waals surface area (Å²) < 4.78 is 18.0. The fourth-order valence-electron chi connectivity index (χ4n) is 1.22. The third-order valence-electron chi connectivity index (χ3n) is 2.06. The molecule has 0 saturated heterocycles. The number of nitrogens with two attached hydrogens (primary N) is 1. The van der Waals surface area contributed by atoms with Crippen LogP contribution in [0.1, 0.15) is 0 Å². The van der Waals surface area contributed by atoms with Gasteiger partial charge in [-0.3, -0.25) is 0 Å². The smallest absolute Gasteiger partial charge is 0.265 e. The van der Waals surface area contributed by atoms with E-state index in [1.165, 1.54) is 18.2 Å². The minimum absolute atomic E-state index is 0.209. The van der Waals surface area contributed by atoms with Gasteiger partial charge in [0.05, 0.1) is 5.56 Å². The van der Waals surface area contributed by atoms with Crippen molar-refractivity contribution in [1.82, 2.24) is 10.1 Å². The second-order valence-electron chi connectivity index (χ2n) is 3.53. The summed E-state index contributed by atoms with van der Waals surface area (Å²) in [5.74, 6) is 0.230. The summed E-state index contributed by atoms with van der Waals surface area (Å²) in [6, 6.07) is 4.01.